The van der Waals surface area contributed by atoms with Crippen LogP contribution >= 0.6 is 0 Å². The number of fused-ring (bicyclic) bond motifs is 1. The summed E-state index contributed by atoms with van der Waals surface area (Å²) >= 11 is 0. The third-order valence-corrected chi connectivity index (χ3v) is 3.42. The third kappa shape index (κ3) is 2.85. The molecule has 0 saturated carbocycles. The number of imidazole rings is 1. The number of anilines is 1. The van der Waals surface area contributed by atoms with E-state index in [1.165, 1.54) is 6.20 Å². The number of nitrogens with two attached hydrogens (primary N) is 1. The van der Waals surface area contributed by atoms with Crippen molar-refractivity contribution in [2.75, 3.05) is 12.4 Å². The maximum atomic E-state index is 11.6. The van der Waals surface area contributed by atoms with Gasteiger partial charge in [0.15, 0.2) is 5.65 Å². The molecule has 0 unspecified atom stereocenters. The lowest BCUT2D eigenvalue weighted by Crippen LogP contribution is -2.18. The van der Waals surface area contributed by atoms with Gasteiger partial charge < -0.3 is 15.8 Å². The molecular formula is C16H18N6O2. The van der Waals surface area contributed by atoms with Gasteiger partial charge in [0.25, 0.3) is 5.91 Å². The molecule has 3 N–H and O–H groups in total. The van der Waals surface area contributed by atoms with E-state index >= 15 is 0 Å². The van der Waals surface area contributed by atoms with E-state index in [1.54, 1.807) is 36.0 Å². The zero-order chi connectivity index (χ0) is 17.3. The Bertz CT molecular complexity index is 903. The predicted molar refractivity (Wildman–Crippen MR) is 90.0 cm³/mol. The number of rotatable bonds is 5. The van der Waals surface area contributed by atoms with Crippen molar-refractivity contribution in [1.82, 2.24) is 19.6 Å². The van der Waals surface area contributed by atoms with Gasteiger partial charge in [-0.3, -0.25) is 9.78 Å². The Labute approximate surface area is 138 Å². The standard InChI is InChI=1S/C16H18N6O2/c1-9(2)20-11-6-12(18-7-10(11)16(17)23)13-8-19-14-4-5-15(24-3)21-22(13)14/h4-9H,1-3H3,(H2,17,23)(H,18,20). The molecule has 0 atom stereocenters. The molecule has 0 aliphatic carbocycles. The molecule has 3 heterocycles. The van der Waals surface area contributed by atoms with Crippen molar-refractivity contribution in [2.24, 2.45) is 5.73 Å². The van der Waals surface area contributed by atoms with Crippen molar-refractivity contribution >= 4 is 17.2 Å². The topological polar surface area (TPSA) is 107 Å². The van der Waals surface area contributed by atoms with Crippen LogP contribution in [0.3, 0.4) is 0 Å². The van der Waals surface area contributed by atoms with Crippen molar-refractivity contribution in [1.29, 1.82) is 0 Å². The Morgan fingerprint density at radius 3 is 2.75 bits per heavy atom. The number of nitrogens with zero attached hydrogens (tertiary/aromatic N) is 4. The summed E-state index contributed by atoms with van der Waals surface area (Å²) in [5.74, 6) is -0.0637. The molecule has 0 aliphatic heterocycles. The number of methoxy groups -OCH3 is 1. The maximum absolute atomic E-state index is 11.6. The maximum Gasteiger partial charge on any atom is 0.252 e. The number of primary amides is 1. The number of carbonyl (C=O) groups excluding carboxylic acids is 1. The summed E-state index contributed by atoms with van der Waals surface area (Å²) in [7, 11) is 1.55. The summed E-state index contributed by atoms with van der Waals surface area (Å²) in [4.78, 5) is 20.2. The average Bonchev–Trinajstić information content (AvgIpc) is 2.96. The fourth-order valence-electron chi connectivity index (χ4n) is 2.36. The van der Waals surface area contributed by atoms with Crippen LogP contribution in [0.15, 0.2) is 30.6 Å². The van der Waals surface area contributed by atoms with Crippen LogP contribution in [-0.2, 0) is 0 Å². The normalized spacial score (nSPS) is 11.0. The monoisotopic (exact) mass is 326 g/mol. The average molecular weight is 326 g/mol. The molecule has 1 amide bonds. The highest BCUT2D eigenvalue weighted by atomic mass is 16.5. The fraction of sp³-hybridized carbons (Fsp3) is 0.250. The summed E-state index contributed by atoms with van der Waals surface area (Å²) in [6.45, 7) is 3.96. The Morgan fingerprint density at radius 1 is 1.29 bits per heavy atom. The third-order valence-electron chi connectivity index (χ3n) is 3.42. The van der Waals surface area contributed by atoms with Gasteiger partial charge in [0.05, 0.1) is 30.3 Å². The van der Waals surface area contributed by atoms with Crippen LogP contribution in [0.1, 0.15) is 24.2 Å². The molecule has 0 aliphatic rings. The molecule has 8 nitrogen and oxygen atoms in total. The minimum absolute atomic E-state index is 0.138. The lowest BCUT2D eigenvalue weighted by Gasteiger charge is -2.14. The molecule has 0 radical (unpaired) electrons. The first-order valence-corrected chi connectivity index (χ1v) is 7.45. The van der Waals surface area contributed by atoms with E-state index in [4.69, 9.17) is 10.5 Å². The van der Waals surface area contributed by atoms with Crippen LogP contribution in [-0.4, -0.2) is 38.6 Å². The summed E-state index contributed by atoms with van der Waals surface area (Å²) in [5.41, 5.74) is 8.37. The van der Waals surface area contributed by atoms with Crippen LogP contribution in [0.25, 0.3) is 17.0 Å². The van der Waals surface area contributed by atoms with Crippen molar-refractivity contribution in [3.8, 4) is 17.3 Å². The predicted octanol–water partition coefficient (Wildman–Crippen LogP) is 1.72. The van der Waals surface area contributed by atoms with Crippen molar-refractivity contribution in [3.63, 3.8) is 0 Å². The van der Waals surface area contributed by atoms with Gasteiger partial charge in [-0.2, -0.15) is 0 Å². The molecule has 0 saturated heterocycles. The number of nitrogens with one attached hydrogen (secondary N) is 1. The smallest absolute Gasteiger partial charge is 0.252 e. The number of hydrogen-bond acceptors (Lipinski definition) is 6. The molecule has 0 bridgehead atoms. The van der Waals surface area contributed by atoms with E-state index in [-0.39, 0.29) is 6.04 Å². The second-order valence-corrected chi connectivity index (χ2v) is 5.57. The van der Waals surface area contributed by atoms with Crippen molar-refractivity contribution in [2.45, 2.75) is 19.9 Å². The molecule has 3 rings (SSSR count). The first-order valence-electron chi connectivity index (χ1n) is 7.45. The largest absolute Gasteiger partial charge is 0.480 e. The molecule has 8 heteroatoms. The van der Waals surface area contributed by atoms with Gasteiger partial charge in [0, 0.05) is 18.3 Å². The van der Waals surface area contributed by atoms with Gasteiger partial charge >= 0.3 is 0 Å². The van der Waals surface area contributed by atoms with Gasteiger partial charge in [-0.15, -0.1) is 5.10 Å². The zero-order valence-corrected chi connectivity index (χ0v) is 13.6. The van der Waals surface area contributed by atoms with Crippen LogP contribution in [0.5, 0.6) is 5.88 Å². The number of pyridine rings is 1. The zero-order valence-electron chi connectivity index (χ0n) is 13.6. The highest BCUT2D eigenvalue weighted by Crippen LogP contribution is 2.25. The van der Waals surface area contributed by atoms with E-state index in [9.17, 15) is 4.79 Å². The molecule has 24 heavy (non-hydrogen) atoms. The lowest BCUT2D eigenvalue weighted by molar-refractivity contribution is 0.100. The van der Waals surface area contributed by atoms with Crippen molar-refractivity contribution < 1.29 is 9.53 Å². The Kier molecular flexibility index (Phi) is 4.03. The van der Waals surface area contributed by atoms with Gasteiger partial charge in [-0.05, 0) is 26.0 Å². The first-order chi connectivity index (χ1) is 11.5. The lowest BCUT2D eigenvalue weighted by atomic mass is 10.1. The molecule has 3 aromatic heterocycles. The number of aromatic nitrogens is 4. The quantitative estimate of drug-likeness (QED) is 0.739. The van der Waals surface area contributed by atoms with Gasteiger partial charge in [-0.1, -0.05) is 0 Å². The van der Waals surface area contributed by atoms with Crippen LogP contribution in [0.2, 0.25) is 0 Å². The van der Waals surface area contributed by atoms with Crippen molar-refractivity contribution in [3.05, 3.63) is 36.2 Å². The molecule has 124 valence electrons. The molecular weight excluding hydrogens is 308 g/mol. The molecule has 0 aromatic carbocycles. The number of hydrogen-bond donors (Lipinski definition) is 2. The van der Waals surface area contributed by atoms with E-state index in [0.29, 0.717) is 34.2 Å². The number of carbonyl (C=O) groups is 1. The number of ether oxygens (including phenoxy) is 1. The SMILES string of the molecule is COc1ccc2ncc(-c3cc(NC(C)C)c(C(N)=O)cn3)n2n1. The van der Waals surface area contributed by atoms with Gasteiger partial charge in [0.1, 0.15) is 5.69 Å². The number of amides is 1. The molecule has 0 fully saturated rings. The van der Waals surface area contributed by atoms with Crippen LogP contribution in [0, 0.1) is 0 Å². The Balaban J connectivity index is 2.14. The van der Waals surface area contributed by atoms with E-state index in [0.717, 1.165) is 0 Å². The fourth-order valence-corrected chi connectivity index (χ4v) is 2.36. The second kappa shape index (κ2) is 6.15. The minimum Gasteiger partial charge on any atom is -0.480 e. The summed E-state index contributed by atoms with van der Waals surface area (Å²) in [6, 6.07) is 5.45. The summed E-state index contributed by atoms with van der Waals surface area (Å²) in [6.07, 6.45) is 3.13. The summed E-state index contributed by atoms with van der Waals surface area (Å²) in [5, 5.41) is 7.57. The summed E-state index contributed by atoms with van der Waals surface area (Å²) < 4.78 is 6.80. The van der Waals surface area contributed by atoms with Gasteiger partial charge in [-0.25, -0.2) is 9.50 Å². The molecule has 0 spiro atoms. The minimum atomic E-state index is -0.532. The van der Waals surface area contributed by atoms with Crippen LogP contribution in [0.4, 0.5) is 5.69 Å². The Morgan fingerprint density at radius 2 is 2.08 bits per heavy atom. The highest BCUT2D eigenvalue weighted by Gasteiger charge is 2.15. The van der Waals surface area contributed by atoms with E-state index in [1.807, 2.05) is 13.8 Å². The second-order valence-electron chi connectivity index (χ2n) is 5.57. The van der Waals surface area contributed by atoms with Crippen LogP contribution < -0.4 is 15.8 Å². The van der Waals surface area contributed by atoms with E-state index in [2.05, 4.69) is 20.4 Å². The first kappa shape index (κ1) is 15.7. The Hall–Kier alpha value is -3.16. The highest BCUT2D eigenvalue weighted by molar-refractivity contribution is 5.98. The van der Waals surface area contributed by atoms with E-state index < -0.39 is 5.91 Å². The van der Waals surface area contributed by atoms with Gasteiger partial charge in [0.2, 0.25) is 5.88 Å². The molecule has 3 aromatic rings.